The Hall–Kier alpha value is -2.53. The fourth-order valence-corrected chi connectivity index (χ4v) is 2.38. The van der Waals surface area contributed by atoms with Crippen LogP contribution in [0.3, 0.4) is 0 Å². The summed E-state index contributed by atoms with van der Waals surface area (Å²) in [5.74, 6) is 0.142. The van der Waals surface area contributed by atoms with Gasteiger partial charge in [-0.15, -0.1) is 0 Å². The normalized spacial score (nSPS) is 14.5. The summed E-state index contributed by atoms with van der Waals surface area (Å²) < 4.78 is 5.59. The minimum Gasteiger partial charge on any atom is -0.481 e. The predicted octanol–water partition coefficient (Wildman–Crippen LogP) is 3.64. The van der Waals surface area contributed by atoms with Crippen LogP contribution in [0.25, 0.3) is 0 Å². The van der Waals surface area contributed by atoms with E-state index < -0.39 is 6.10 Å². The molecule has 0 bridgehead atoms. The van der Waals surface area contributed by atoms with E-state index in [-0.39, 0.29) is 11.8 Å². The molecule has 1 saturated carbocycles. The van der Waals surface area contributed by atoms with Gasteiger partial charge in [0.15, 0.2) is 6.10 Å². The summed E-state index contributed by atoms with van der Waals surface area (Å²) in [4.78, 5) is 24.4. The Morgan fingerprint density at radius 3 is 2.56 bits per heavy atom. The lowest BCUT2D eigenvalue weighted by atomic mass is 10.2. The van der Waals surface area contributed by atoms with Gasteiger partial charge in [-0.05, 0) is 62.2 Å². The van der Waals surface area contributed by atoms with Crippen molar-refractivity contribution in [3.63, 3.8) is 0 Å². The second-order valence-electron chi connectivity index (χ2n) is 6.03. The van der Waals surface area contributed by atoms with Crippen LogP contribution in [0.2, 0.25) is 5.02 Å². The number of amides is 2. The highest BCUT2D eigenvalue weighted by Crippen LogP contribution is 2.20. The minimum absolute atomic E-state index is 0.121. The van der Waals surface area contributed by atoms with E-state index >= 15 is 0 Å². The zero-order chi connectivity index (χ0) is 17.8. The van der Waals surface area contributed by atoms with Crippen LogP contribution in [0.15, 0.2) is 48.5 Å². The highest BCUT2D eigenvalue weighted by molar-refractivity contribution is 6.30. The molecule has 1 atom stereocenters. The molecule has 5 nitrogen and oxygen atoms in total. The van der Waals surface area contributed by atoms with Crippen LogP contribution in [-0.4, -0.2) is 24.0 Å². The molecule has 0 radical (unpaired) electrons. The number of carbonyl (C=O) groups excluding carboxylic acids is 2. The molecule has 1 aliphatic carbocycles. The van der Waals surface area contributed by atoms with E-state index in [1.54, 1.807) is 55.5 Å². The Bertz CT molecular complexity index is 772. The summed E-state index contributed by atoms with van der Waals surface area (Å²) >= 11 is 5.83. The molecular formula is C19H19ClN2O3. The summed E-state index contributed by atoms with van der Waals surface area (Å²) in [7, 11) is 0. The molecule has 1 aliphatic rings. The van der Waals surface area contributed by atoms with Gasteiger partial charge in [0.2, 0.25) is 0 Å². The molecule has 0 heterocycles. The predicted molar refractivity (Wildman–Crippen MR) is 97.1 cm³/mol. The maximum absolute atomic E-state index is 12.3. The number of hydrogen-bond acceptors (Lipinski definition) is 3. The average Bonchev–Trinajstić information content (AvgIpc) is 3.41. The van der Waals surface area contributed by atoms with E-state index in [2.05, 4.69) is 10.6 Å². The highest BCUT2D eigenvalue weighted by Gasteiger charge is 2.24. The van der Waals surface area contributed by atoms with Crippen LogP contribution in [0.5, 0.6) is 5.75 Å². The lowest BCUT2D eigenvalue weighted by Crippen LogP contribution is -2.30. The molecule has 130 valence electrons. The number of halogens is 1. The third-order valence-electron chi connectivity index (χ3n) is 3.80. The molecular weight excluding hydrogens is 340 g/mol. The molecule has 1 fully saturated rings. The molecule has 2 aromatic rings. The monoisotopic (exact) mass is 358 g/mol. The first-order valence-corrected chi connectivity index (χ1v) is 8.53. The van der Waals surface area contributed by atoms with Crippen molar-refractivity contribution >= 4 is 29.1 Å². The lowest BCUT2D eigenvalue weighted by Gasteiger charge is -2.15. The summed E-state index contributed by atoms with van der Waals surface area (Å²) in [6.07, 6.45) is 1.37. The third kappa shape index (κ3) is 4.97. The molecule has 25 heavy (non-hydrogen) atoms. The number of anilines is 1. The number of benzene rings is 2. The lowest BCUT2D eigenvalue weighted by molar-refractivity contribution is -0.122. The van der Waals surface area contributed by atoms with Gasteiger partial charge in [0.05, 0.1) is 0 Å². The number of ether oxygens (including phenoxy) is 1. The van der Waals surface area contributed by atoms with Gasteiger partial charge in [-0.25, -0.2) is 0 Å². The molecule has 3 rings (SSSR count). The van der Waals surface area contributed by atoms with Crippen molar-refractivity contribution in [2.45, 2.75) is 31.9 Å². The second kappa shape index (κ2) is 7.57. The zero-order valence-corrected chi connectivity index (χ0v) is 14.5. The standard InChI is InChI=1S/C19H19ClN2O3/c1-12(25-17-9-5-14(20)6-10-17)18(23)22-16-4-2-3-13(11-16)19(24)21-15-7-8-15/h2-6,9-12,15H,7-8H2,1H3,(H,21,24)(H,22,23). The summed E-state index contributed by atoms with van der Waals surface area (Å²) in [5, 5.41) is 6.29. The first-order valence-electron chi connectivity index (χ1n) is 8.15. The van der Waals surface area contributed by atoms with Crippen molar-refractivity contribution in [3.05, 3.63) is 59.1 Å². The van der Waals surface area contributed by atoms with Gasteiger partial charge in [0.1, 0.15) is 5.75 Å². The van der Waals surface area contributed by atoms with E-state index in [1.807, 2.05) is 0 Å². The molecule has 1 unspecified atom stereocenters. The van der Waals surface area contributed by atoms with E-state index in [4.69, 9.17) is 16.3 Å². The molecule has 0 spiro atoms. The summed E-state index contributed by atoms with van der Waals surface area (Å²) in [5.41, 5.74) is 1.08. The van der Waals surface area contributed by atoms with E-state index in [1.165, 1.54) is 0 Å². The van der Waals surface area contributed by atoms with Crippen LogP contribution in [0, 0.1) is 0 Å². The fraction of sp³-hybridized carbons (Fsp3) is 0.263. The molecule has 0 saturated heterocycles. The Balaban J connectivity index is 1.59. The van der Waals surface area contributed by atoms with Crippen molar-refractivity contribution in [1.29, 1.82) is 0 Å². The van der Waals surface area contributed by atoms with E-state index in [9.17, 15) is 9.59 Å². The van der Waals surface area contributed by atoms with Crippen molar-refractivity contribution in [2.75, 3.05) is 5.32 Å². The molecule has 2 N–H and O–H groups in total. The van der Waals surface area contributed by atoms with Crippen LogP contribution >= 0.6 is 11.6 Å². The first kappa shape index (κ1) is 17.3. The van der Waals surface area contributed by atoms with Gasteiger partial charge in [-0.3, -0.25) is 9.59 Å². The van der Waals surface area contributed by atoms with Gasteiger partial charge in [0.25, 0.3) is 11.8 Å². The summed E-state index contributed by atoms with van der Waals surface area (Å²) in [6.45, 7) is 1.66. The van der Waals surface area contributed by atoms with Crippen molar-refractivity contribution < 1.29 is 14.3 Å². The van der Waals surface area contributed by atoms with Gasteiger partial charge in [0, 0.05) is 22.3 Å². The molecule has 0 aromatic heterocycles. The molecule has 6 heteroatoms. The molecule has 0 aliphatic heterocycles. The average molecular weight is 359 g/mol. The Kier molecular flexibility index (Phi) is 5.24. The maximum atomic E-state index is 12.3. The SMILES string of the molecule is CC(Oc1ccc(Cl)cc1)C(=O)Nc1cccc(C(=O)NC2CC2)c1. The Morgan fingerprint density at radius 2 is 1.88 bits per heavy atom. The van der Waals surface area contributed by atoms with Gasteiger partial charge < -0.3 is 15.4 Å². The smallest absolute Gasteiger partial charge is 0.265 e. The van der Waals surface area contributed by atoms with Crippen molar-refractivity contribution in [2.24, 2.45) is 0 Å². The number of rotatable bonds is 6. The largest absolute Gasteiger partial charge is 0.481 e. The first-order chi connectivity index (χ1) is 12.0. The fourth-order valence-electron chi connectivity index (χ4n) is 2.25. The van der Waals surface area contributed by atoms with Crippen LogP contribution in [-0.2, 0) is 4.79 Å². The number of nitrogens with one attached hydrogen (secondary N) is 2. The van der Waals surface area contributed by atoms with Crippen LogP contribution < -0.4 is 15.4 Å². The van der Waals surface area contributed by atoms with Crippen molar-refractivity contribution in [1.82, 2.24) is 5.32 Å². The topological polar surface area (TPSA) is 67.4 Å². The van der Waals surface area contributed by atoms with Gasteiger partial charge >= 0.3 is 0 Å². The van der Waals surface area contributed by atoms with Crippen LogP contribution in [0.1, 0.15) is 30.1 Å². The Morgan fingerprint density at radius 1 is 1.16 bits per heavy atom. The van der Waals surface area contributed by atoms with E-state index in [0.717, 1.165) is 12.8 Å². The maximum Gasteiger partial charge on any atom is 0.265 e. The summed E-state index contributed by atoms with van der Waals surface area (Å²) in [6, 6.07) is 13.9. The van der Waals surface area contributed by atoms with Gasteiger partial charge in [-0.1, -0.05) is 17.7 Å². The molecule has 2 aromatic carbocycles. The minimum atomic E-state index is -0.690. The third-order valence-corrected chi connectivity index (χ3v) is 4.05. The van der Waals surface area contributed by atoms with Gasteiger partial charge in [-0.2, -0.15) is 0 Å². The quantitative estimate of drug-likeness (QED) is 0.828. The number of carbonyl (C=O) groups is 2. The second-order valence-corrected chi connectivity index (χ2v) is 6.47. The Labute approximate surface area is 151 Å². The van der Waals surface area contributed by atoms with Crippen LogP contribution in [0.4, 0.5) is 5.69 Å². The van der Waals surface area contributed by atoms with E-state index in [0.29, 0.717) is 28.1 Å². The number of hydrogen-bond donors (Lipinski definition) is 2. The highest BCUT2D eigenvalue weighted by atomic mass is 35.5. The molecule has 2 amide bonds. The van der Waals surface area contributed by atoms with Crippen molar-refractivity contribution in [3.8, 4) is 5.75 Å². The zero-order valence-electron chi connectivity index (χ0n) is 13.8.